The highest BCUT2D eigenvalue weighted by Gasteiger charge is 2.21. The van der Waals surface area contributed by atoms with Crippen LogP contribution in [0.15, 0.2) is 78.9 Å². The molecular formula is C20H16O4. The van der Waals surface area contributed by atoms with Gasteiger partial charge in [-0.2, -0.15) is 0 Å². The van der Waals surface area contributed by atoms with E-state index in [-0.39, 0.29) is 5.75 Å². The number of hydrogen-bond acceptors (Lipinski definition) is 3. The van der Waals surface area contributed by atoms with E-state index in [4.69, 9.17) is 4.74 Å². The van der Waals surface area contributed by atoms with E-state index >= 15 is 0 Å². The molecule has 120 valence electrons. The molecule has 0 spiro atoms. The van der Waals surface area contributed by atoms with Gasteiger partial charge in [0.05, 0.1) is 0 Å². The smallest absolute Gasteiger partial charge is 0.349 e. The Morgan fingerprint density at radius 2 is 1.58 bits per heavy atom. The summed E-state index contributed by atoms with van der Waals surface area (Å²) in [5.74, 6) is -0.478. The Kier molecular flexibility index (Phi) is 4.47. The number of para-hydroxylation sites is 1. The predicted molar refractivity (Wildman–Crippen MR) is 91.0 cm³/mol. The van der Waals surface area contributed by atoms with Crippen LogP contribution in [-0.4, -0.2) is 16.2 Å². The van der Waals surface area contributed by atoms with Crippen molar-refractivity contribution in [1.29, 1.82) is 0 Å². The van der Waals surface area contributed by atoms with E-state index in [1.807, 2.05) is 18.2 Å². The summed E-state index contributed by atoms with van der Waals surface area (Å²) in [5.41, 5.74) is 1.98. The number of aliphatic carboxylic acids is 1. The van der Waals surface area contributed by atoms with Crippen molar-refractivity contribution in [3.8, 4) is 22.6 Å². The van der Waals surface area contributed by atoms with E-state index in [1.54, 1.807) is 60.7 Å². The third-order valence-corrected chi connectivity index (χ3v) is 3.63. The lowest BCUT2D eigenvalue weighted by molar-refractivity contribution is -0.145. The minimum Gasteiger partial charge on any atom is -0.507 e. The lowest BCUT2D eigenvalue weighted by atomic mass is 10.0. The van der Waals surface area contributed by atoms with Gasteiger partial charge in [-0.05, 0) is 23.8 Å². The Balaban J connectivity index is 1.91. The minimum absolute atomic E-state index is 0.160. The van der Waals surface area contributed by atoms with Gasteiger partial charge in [0.15, 0.2) is 0 Å². The van der Waals surface area contributed by atoms with E-state index < -0.39 is 12.1 Å². The summed E-state index contributed by atoms with van der Waals surface area (Å²) in [7, 11) is 0. The van der Waals surface area contributed by atoms with Gasteiger partial charge in [-0.1, -0.05) is 60.7 Å². The Hall–Kier alpha value is -3.27. The number of aromatic hydroxyl groups is 1. The first-order chi connectivity index (χ1) is 11.6. The van der Waals surface area contributed by atoms with Crippen LogP contribution in [0, 0.1) is 0 Å². The number of ether oxygens (including phenoxy) is 1. The zero-order valence-electron chi connectivity index (χ0n) is 12.8. The van der Waals surface area contributed by atoms with Crippen molar-refractivity contribution in [3.63, 3.8) is 0 Å². The summed E-state index contributed by atoms with van der Waals surface area (Å²) >= 11 is 0. The highest BCUT2D eigenvalue weighted by Crippen LogP contribution is 2.32. The first-order valence-electron chi connectivity index (χ1n) is 7.48. The number of carboxylic acid groups (broad SMARTS) is 1. The second-order valence-electron chi connectivity index (χ2n) is 5.29. The number of benzene rings is 3. The van der Waals surface area contributed by atoms with Crippen molar-refractivity contribution in [2.75, 3.05) is 0 Å². The molecular weight excluding hydrogens is 304 g/mol. The van der Waals surface area contributed by atoms with Crippen LogP contribution in [0.3, 0.4) is 0 Å². The average Bonchev–Trinajstić information content (AvgIpc) is 2.61. The molecule has 3 rings (SSSR count). The summed E-state index contributed by atoms with van der Waals surface area (Å²) in [6.45, 7) is 0. The van der Waals surface area contributed by atoms with Crippen molar-refractivity contribution in [2.45, 2.75) is 6.10 Å². The third-order valence-electron chi connectivity index (χ3n) is 3.63. The molecule has 0 radical (unpaired) electrons. The van der Waals surface area contributed by atoms with Gasteiger partial charge < -0.3 is 14.9 Å². The Bertz CT molecular complexity index is 843. The van der Waals surface area contributed by atoms with Crippen LogP contribution in [0.2, 0.25) is 0 Å². The fraction of sp³-hybridized carbons (Fsp3) is 0.0500. The summed E-state index contributed by atoms with van der Waals surface area (Å²) in [6, 6.07) is 22.8. The van der Waals surface area contributed by atoms with Gasteiger partial charge in [-0.3, -0.25) is 0 Å². The number of carboxylic acids is 1. The lowest BCUT2D eigenvalue weighted by Crippen LogP contribution is -2.18. The molecule has 2 N–H and O–H groups in total. The molecule has 4 nitrogen and oxygen atoms in total. The second kappa shape index (κ2) is 6.87. The number of hydrogen-bond donors (Lipinski definition) is 2. The number of rotatable bonds is 5. The van der Waals surface area contributed by atoms with Crippen LogP contribution in [0.25, 0.3) is 11.1 Å². The summed E-state index contributed by atoms with van der Waals surface area (Å²) in [4.78, 5) is 11.5. The number of carbonyl (C=O) groups is 1. The number of phenolic OH excluding ortho intramolecular Hbond substituents is 1. The maximum atomic E-state index is 11.5. The molecule has 0 saturated heterocycles. The average molecular weight is 320 g/mol. The van der Waals surface area contributed by atoms with Crippen LogP contribution in [0.1, 0.15) is 11.7 Å². The van der Waals surface area contributed by atoms with E-state index in [1.165, 1.54) is 0 Å². The fourth-order valence-electron chi connectivity index (χ4n) is 2.48. The third kappa shape index (κ3) is 3.38. The first kappa shape index (κ1) is 15.6. The molecule has 0 aliphatic carbocycles. The Morgan fingerprint density at radius 3 is 2.29 bits per heavy atom. The van der Waals surface area contributed by atoms with Crippen molar-refractivity contribution < 1.29 is 19.7 Å². The zero-order chi connectivity index (χ0) is 16.9. The fourth-order valence-corrected chi connectivity index (χ4v) is 2.48. The second-order valence-corrected chi connectivity index (χ2v) is 5.29. The molecule has 0 aliphatic heterocycles. The van der Waals surface area contributed by atoms with Gasteiger partial charge in [0.2, 0.25) is 6.10 Å². The summed E-state index contributed by atoms with van der Waals surface area (Å²) < 4.78 is 5.68. The van der Waals surface area contributed by atoms with Crippen LogP contribution < -0.4 is 4.74 Å². The lowest BCUT2D eigenvalue weighted by Gasteiger charge is -2.16. The monoisotopic (exact) mass is 320 g/mol. The molecule has 0 fully saturated rings. The maximum absolute atomic E-state index is 11.5. The predicted octanol–water partition coefficient (Wildman–Crippen LogP) is 4.26. The van der Waals surface area contributed by atoms with Gasteiger partial charge >= 0.3 is 5.97 Å². The van der Waals surface area contributed by atoms with E-state index in [0.717, 1.165) is 5.56 Å². The number of phenols is 1. The molecule has 3 aromatic carbocycles. The molecule has 1 atom stereocenters. The van der Waals surface area contributed by atoms with Gasteiger partial charge in [0.1, 0.15) is 11.5 Å². The normalized spacial score (nSPS) is 11.7. The van der Waals surface area contributed by atoms with Crippen LogP contribution in [0.4, 0.5) is 0 Å². The first-order valence-corrected chi connectivity index (χ1v) is 7.48. The van der Waals surface area contributed by atoms with Gasteiger partial charge in [-0.15, -0.1) is 0 Å². The van der Waals surface area contributed by atoms with Gasteiger partial charge in [-0.25, -0.2) is 4.79 Å². The van der Waals surface area contributed by atoms with Crippen molar-refractivity contribution in [1.82, 2.24) is 0 Å². The topological polar surface area (TPSA) is 66.8 Å². The summed E-state index contributed by atoms with van der Waals surface area (Å²) in [5, 5.41) is 19.4. The van der Waals surface area contributed by atoms with Crippen LogP contribution >= 0.6 is 0 Å². The largest absolute Gasteiger partial charge is 0.507 e. The summed E-state index contributed by atoms with van der Waals surface area (Å²) in [6.07, 6.45) is -1.09. The molecule has 0 heterocycles. The SMILES string of the molecule is O=C(O)C(Oc1cccc(-c2ccccc2O)c1)c1ccccc1. The standard InChI is InChI=1S/C20H16O4/c21-18-12-5-4-11-17(18)15-9-6-10-16(13-15)24-19(20(22)23)14-7-2-1-3-8-14/h1-13,19,21H,(H,22,23). The van der Waals surface area contributed by atoms with E-state index in [9.17, 15) is 15.0 Å². The Morgan fingerprint density at radius 1 is 0.875 bits per heavy atom. The highest BCUT2D eigenvalue weighted by atomic mass is 16.5. The molecule has 0 saturated carbocycles. The Labute approximate surface area is 139 Å². The van der Waals surface area contributed by atoms with Crippen LogP contribution in [-0.2, 0) is 4.79 Å². The molecule has 4 heteroatoms. The highest BCUT2D eigenvalue weighted by molar-refractivity contribution is 5.75. The zero-order valence-corrected chi connectivity index (χ0v) is 12.8. The van der Waals surface area contributed by atoms with E-state index in [2.05, 4.69) is 0 Å². The van der Waals surface area contributed by atoms with Gasteiger partial charge in [0.25, 0.3) is 0 Å². The molecule has 24 heavy (non-hydrogen) atoms. The molecule has 0 aromatic heterocycles. The molecule has 0 bridgehead atoms. The van der Waals surface area contributed by atoms with Crippen LogP contribution in [0.5, 0.6) is 11.5 Å². The molecule has 0 aliphatic rings. The quantitative estimate of drug-likeness (QED) is 0.737. The molecule has 0 amide bonds. The van der Waals surface area contributed by atoms with E-state index in [0.29, 0.717) is 16.9 Å². The van der Waals surface area contributed by atoms with Crippen molar-refractivity contribution >= 4 is 5.97 Å². The maximum Gasteiger partial charge on any atom is 0.349 e. The molecule has 3 aromatic rings. The van der Waals surface area contributed by atoms with Crippen molar-refractivity contribution in [3.05, 3.63) is 84.4 Å². The minimum atomic E-state index is -1.09. The van der Waals surface area contributed by atoms with Gasteiger partial charge in [0, 0.05) is 11.1 Å². The molecule has 1 unspecified atom stereocenters. The van der Waals surface area contributed by atoms with Crippen molar-refractivity contribution in [2.24, 2.45) is 0 Å².